The van der Waals surface area contributed by atoms with Crippen LogP contribution in [0.15, 0.2) is 41.2 Å². The molecular weight excluding hydrogens is 404 g/mol. The van der Waals surface area contributed by atoms with E-state index < -0.39 is 0 Å². The Balaban J connectivity index is 1.31. The Bertz CT molecular complexity index is 989. The van der Waals surface area contributed by atoms with Crippen molar-refractivity contribution in [1.82, 2.24) is 20.1 Å². The molecule has 2 aliphatic heterocycles. The third-order valence-electron chi connectivity index (χ3n) is 5.61. The molecule has 2 fully saturated rings. The van der Waals surface area contributed by atoms with E-state index in [1.807, 2.05) is 24.3 Å². The maximum absolute atomic E-state index is 5.97. The average molecular weight is 427 g/mol. The lowest BCUT2D eigenvalue weighted by Crippen LogP contribution is -2.38. The van der Waals surface area contributed by atoms with Crippen molar-refractivity contribution in [3.8, 4) is 11.4 Å². The van der Waals surface area contributed by atoms with Crippen LogP contribution in [0.1, 0.15) is 24.7 Å². The molecule has 0 N–H and O–H groups in total. The SMILES string of the molecule is Clc1ccc(-c2noc(C3CCCN(c4cc(N5CCOCC5)ncn4)C3)n2)cc1. The van der Waals surface area contributed by atoms with Crippen LogP contribution in [0.3, 0.4) is 0 Å². The Hall–Kier alpha value is -2.71. The number of aromatic nitrogens is 4. The van der Waals surface area contributed by atoms with E-state index >= 15 is 0 Å². The molecule has 1 aromatic carbocycles. The van der Waals surface area contributed by atoms with Crippen LogP contribution in [-0.4, -0.2) is 59.5 Å². The van der Waals surface area contributed by atoms with E-state index in [2.05, 4.69) is 36.0 Å². The van der Waals surface area contributed by atoms with Gasteiger partial charge >= 0.3 is 0 Å². The van der Waals surface area contributed by atoms with Crippen LogP contribution in [-0.2, 0) is 4.74 Å². The molecule has 1 unspecified atom stereocenters. The minimum absolute atomic E-state index is 0.175. The van der Waals surface area contributed by atoms with Crippen LogP contribution in [0.4, 0.5) is 11.6 Å². The van der Waals surface area contributed by atoms with Gasteiger partial charge in [-0.05, 0) is 37.1 Å². The zero-order chi connectivity index (χ0) is 20.3. The number of hydrogen-bond donors (Lipinski definition) is 0. The van der Waals surface area contributed by atoms with Crippen LogP contribution < -0.4 is 9.80 Å². The van der Waals surface area contributed by atoms with E-state index in [0.29, 0.717) is 16.7 Å². The fraction of sp³-hybridized carbons (Fsp3) is 0.429. The fourth-order valence-corrected chi connectivity index (χ4v) is 4.11. The maximum Gasteiger partial charge on any atom is 0.231 e. The Labute approximate surface area is 179 Å². The zero-order valence-electron chi connectivity index (χ0n) is 16.6. The summed E-state index contributed by atoms with van der Waals surface area (Å²) >= 11 is 5.97. The summed E-state index contributed by atoms with van der Waals surface area (Å²) in [7, 11) is 0. The Morgan fingerprint density at radius 2 is 1.73 bits per heavy atom. The van der Waals surface area contributed by atoms with Gasteiger partial charge in [0.1, 0.15) is 18.0 Å². The predicted octanol–water partition coefficient (Wildman–Crippen LogP) is 3.40. The van der Waals surface area contributed by atoms with E-state index in [4.69, 9.17) is 20.9 Å². The number of nitrogens with zero attached hydrogens (tertiary/aromatic N) is 6. The maximum atomic E-state index is 5.97. The largest absolute Gasteiger partial charge is 0.378 e. The van der Waals surface area contributed by atoms with Gasteiger partial charge in [-0.3, -0.25) is 0 Å². The summed E-state index contributed by atoms with van der Waals surface area (Å²) < 4.78 is 11.1. The number of hydrogen-bond acceptors (Lipinski definition) is 8. The van der Waals surface area contributed by atoms with Crippen LogP contribution in [0, 0.1) is 0 Å². The molecule has 2 saturated heterocycles. The van der Waals surface area contributed by atoms with Crippen molar-refractivity contribution in [3.05, 3.63) is 47.6 Å². The second-order valence-corrected chi connectivity index (χ2v) is 8.02. The number of ether oxygens (including phenoxy) is 1. The van der Waals surface area contributed by atoms with Gasteiger partial charge in [0.15, 0.2) is 0 Å². The molecule has 3 aromatic rings. The quantitative estimate of drug-likeness (QED) is 0.628. The van der Waals surface area contributed by atoms with Gasteiger partial charge in [-0.1, -0.05) is 16.8 Å². The summed E-state index contributed by atoms with van der Waals surface area (Å²) in [4.78, 5) is 18.2. The first-order valence-electron chi connectivity index (χ1n) is 10.3. The molecule has 0 saturated carbocycles. The van der Waals surface area contributed by atoms with E-state index in [1.165, 1.54) is 0 Å². The molecule has 2 aromatic heterocycles. The summed E-state index contributed by atoms with van der Waals surface area (Å²) in [5.74, 6) is 3.33. The Morgan fingerprint density at radius 1 is 0.967 bits per heavy atom. The molecule has 8 nitrogen and oxygen atoms in total. The van der Waals surface area contributed by atoms with Gasteiger partial charge in [0.2, 0.25) is 11.7 Å². The molecular formula is C21H23ClN6O2. The molecule has 2 aliphatic rings. The van der Waals surface area contributed by atoms with Crippen molar-refractivity contribution >= 4 is 23.2 Å². The van der Waals surface area contributed by atoms with E-state index in [1.54, 1.807) is 6.33 Å². The van der Waals surface area contributed by atoms with Gasteiger partial charge in [0, 0.05) is 42.8 Å². The molecule has 0 spiro atoms. The molecule has 30 heavy (non-hydrogen) atoms. The van der Waals surface area contributed by atoms with Gasteiger partial charge in [-0.25, -0.2) is 9.97 Å². The first kappa shape index (κ1) is 19.3. The standard InChI is InChI=1S/C21H23ClN6O2/c22-17-5-3-15(4-6-17)20-25-21(30-26-20)16-2-1-7-28(13-16)19-12-18(23-14-24-19)27-8-10-29-11-9-27/h3-6,12,14,16H,1-2,7-11,13H2. The molecule has 5 rings (SSSR count). The molecule has 1 atom stereocenters. The number of piperidine rings is 1. The summed E-state index contributed by atoms with van der Waals surface area (Å²) in [6, 6.07) is 9.53. The van der Waals surface area contributed by atoms with Crippen molar-refractivity contribution in [2.45, 2.75) is 18.8 Å². The third kappa shape index (κ3) is 4.11. The zero-order valence-corrected chi connectivity index (χ0v) is 17.3. The van der Waals surface area contributed by atoms with Crippen molar-refractivity contribution < 1.29 is 9.26 Å². The second-order valence-electron chi connectivity index (χ2n) is 7.58. The van der Waals surface area contributed by atoms with Crippen molar-refractivity contribution in [1.29, 1.82) is 0 Å². The van der Waals surface area contributed by atoms with Gasteiger partial charge in [-0.2, -0.15) is 4.98 Å². The van der Waals surface area contributed by atoms with Crippen LogP contribution in [0.2, 0.25) is 5.02 Å². The molecule has 0 radical (unpaired) electrons. The number of anilines is 2. The topological polar surface area (TPSA) is 80.4 Å². The smallest absolute Gasteiger partial charge is 0.231 e. The first-order valence-corrected chi connectivity index (χ1v) is 10.6. The lowest BCUT2D eigenvalue weighted by molar-refractivity contribution is 0.122. The normalized spacial score (nSPS) is 19.8. The van der Waals surface area contributed by atoms with Crippen molar-refractivity contribution in [2.75, 3.05) is 49.2 Å². The van der Waals surface area contributed by atoms with Crippen molar-refractivity contribution in [2.24, 2.45) is 0 Å². The minimum atomic E-state index is 0.175. The summed E-state index contributed by atoms with van der Waals surface area (Å²) in [5.41, 5.74) is 0.896. The minimum Gasteiger partial charge on any atom is -0.378 e. The van der Waals surface area contributed by atoms with Crippen molar-refractivity contribution in [3.63, 3.8) is 0 Å². The number of morpholine rings is 1. The lowest BCUT2D eigenvalue weighted by atomic mass is 9.98. The summed E-state index contributed by atoms with van der Waals surface area (Å²) in [6.07, 6.45) is 3.70. The number of rotatable bonds is 4. The summed E-state index contributed by atoms with van der Waals surface area (Å²) in [6.45, 7) is 4.93. The van der Waals surface area contributed by atoms with Crippen LogP contribution in [0.5, 0.6) is 0 Å². The van der Waals surface area contributed by atoms with E-state index in [-0.39, 0.29) is 5.92 Å². The Morgan fingerprint density at radius 3 is 2.53 bits per heavy atom. The number of benzene rings is 1. The highest BCUT2D eigenvalue weighted by molar-refractivity contribution is 6.30. The highest BCUT2D eigenvalue weighted by Gasteiger charge is 2.27. The molecule has 156 valence electrons. The third-order valence-corrected chi connectivity index (χ3v) is 5.86. The molecule has 9 heteroatoms. The average Bonchev–Trinajstić information content (AvgIpc) is 3.31. The lowest BCUT2D eigenvalue weighted by Gasteiger charge is -2.33. The highest BCUT2D eigenvalue weighted by Crippen LogP contribution is 2.30. The molecule has 4 heterocycles. The predicted molar refractivity (Wildman–Crippen MR) is 114 cm³/mol. The van der Waals surface area contributed by atoms with Gasteiger partial charge in [-0.15, -0.1) is 0 Å². The molecule has 0 amide bonds. The number of halogens is 1. The fourth-order valence-electron chi connectivity index (χ4n) is 3.98. The van der Waals surface area contributed by atoms with Gasteiger partial charge < -0.3 is 19.1 Å². The Kier molecular flexibility index (Phi) is 5.50. The molecule has 0 bridgehead atoms. The molecule has 0 aliphatic carbocycles. The van der Waals surface area contributed by atoms with E-state index in [0.717, 1.165) is 69.4 Å². The monoisotopic (exact) mass is 426 g/mol. The second kappa shape index (κ2) is 8.57. The van der Waals surface area contributed by atoms with E-state index in [9.17, 15) is 0 Å². The van der Waals surface area contributed by atoms with Crippen LogP contribution >= 0.6 is 11.6 Å². The van der Waals surface area contributed by atoms with Gasteiger partial charge in [0.05, 0.1) is 19.1 Å². The first-order chi connectivity index (χ1) is 14.8. The highest BCUT2D eigenvalue weighted by atomic mass is 35.5. The van der Waals surface area contributed by atoms with Crippen LogP contribution in [0.25, 0.3) is 11.4 Å². The summed E-state index contributed by atoms with van der Waals surface area (Å²) in [5, 5.41) is 4.86. The van der Waals surface area contributed by atoms with Gasteiger partial charge in [0.25, 0.3) is 0 Å².